The maximum Gasteiger partial charge on any atom is 0.225 e. The minimum Gasteiger partial charge on any atom is -0.393 e. The number of hydrogen-bond acceptors (Lipinski definition) is 6. The normalized spacial score (nSPS) is 27.8. The molecule has 0 aliphatic carbocycles. The highest BCUT2D eigenvalue weighted by atomic mass is 35.5. The number of halogens is 2. The van der Waals surface area contributed by atoms with Gasteiger partial charge in [0, 0.05) is 36.8 Å². The van der Waals surface area contributed by atoms with Crippen LogP contribution in [-0.4, -0.2) is 62.1 Å². The van der Waals surface area contributed by atoms with Crippen molar-refractivity contribution in [1.82, 2.24) is 0 Å². The summed E-state index contributed by atoms with van der Waals surface area (Å²) >= 11 is 6.06. The van der Waals surface area contributed by atoms with Crippen molar-refractivity contribution in [3.05, 3.63) is 70.0 Å². The molecular formula is C32H44ClFO6. The zero-order valence-corrected chi connectivity index (χ0v) is 24.8. The van der Waals surface area contributed by atoms with Crippen LogP contribution in [0.1, 0.15) is 76.0 Å². The van der Waals surface area contributed by atoms with E-state index in [0.29, 0.717) is 42.4 Å². The van der Waals surface area contributed by atoms with Gasteiger partial charge in [-0.3, -0.25) is 0 Å². The minimum absolute atomic E-state index is 0.103. The summed E-state index contributed by atoms with van der Waals surface area (Å²) in [6, 6.07) is 12.3. The average molecular weight is 579 g/mol. The Morgan fingerprint density at radius 1 is 0.900 bits per heavy atom. The molecule has 2 fully saturated rings. The third-order valence-electron chi connectivity index (χ3n) is 7.80. The van der Waals surface area contributed by atoms with E-state index < -0.39 is 29.7 Å². The molecule has 8 heteroatoms. The standard InChI is InChI=1S/C32H44ClFO6/c1-4-7-16-36-28-29(37-17-8-5-2)31(21-35)22-39-32(40-31,30(28)38-18-9-6-3)25-12-15-27(34)24(20-25)19-23-10-13-26(33)14-11-23/h10-15,20,28-30,35H,4-9,16-19,21-22H2,1-3H3/t28-,29-,30?,31?,32?/m0/s1. The second kappa shape index (κ2) is 14.5. The number of unbranched alkanes of at least 4 members (excludes halogenated alkanes) is 3. The molecule has 0 amide bonds. The molecule has 2 aliphatic heterocycles. The van der Waals surface area contributed by atoms with Gasteiger partial charge in [0.05, 0.1) is 13.2 Å². The van der Waals surface area contributed by atoms with Gasteiger partial charge in [0.25, 0.3) is 0 Å². The summed E-state index contributed by atoms with van der Waals surface area (Å²) in [5.74, 6) is -1.71. The molecule has 2 aromatic rings. The van der Waals surface area contributed by atoms with E-state index in [9.17, 15) is 5.11 Å². The summed E-state index contributed by atoms with van der Waals surface area (Å²) in [6.45, 7) is 7.63. The van der Waals surface area contributed by atoms with Crippen molar-refractivity contribution in [3.8, 4) is 0 Å². The number of ether oxygens (including phenoxy) is 5. The van der Waals surface area contributed by atoms with Gasteiger partial charge in [-0.1, -0.05) is 69.8 Å². The summed E-state index contributed by atoms with van der Waals surface area (Å²) in [5, 5.41) is 11.3. The first-order chi connectivity index (χ1) is 19.4. The Balaban J connectivity index is 1.75. The van der Waals surface area contributed by atoms with Gasteiger partial charge in [-0.05, 0) is 54.7 Å². The molecule has 2 aliphatic rings. The SMILES string of the molecule is CCCCOC1[C@@H](OCCCC)[C@H](OCCCC)C2(CO)COC1(c1ccc(F)c(Cc3ccc(Cl)cc3)c1)O2. The Bertz CT molecular complexity index is 1070. The number of fused-ring (bicyclic) bond motifs is 2. The van der Waals surface area contributed by atoms with E-state index in [1.54, 1.807) is 24.3 Å². The topological polar surface area (TPSA) is 66.4 Å². The molecule has 2 heterocycles. The average Bonchev–Trinajstić information content (AvgIpc) is 3.32. The molecule has 4 rings (SSSR count). The zero-order valence-electron chi connectivity index (χ0n) is 24.0. The smallest absolute Gasteiger partial charge is 0.225 e. The third-order valence-corrected chi connectivity index (χ3v) is 8.05. The van der Waals surface area contributed by atoms with Crippen molar-refractivity contribution in [1.29, 1.82) is 0 Å². The van der Waals surface area contributed by atoms with Crippen molar-refractivity contribution in [2.75, 3.05) is 33.0 Å². The predicted molar refractivity (Wildman–Crippen MR) is 153 cm³/mol. The molecule has 40 heavy (non-hydrogen) atoms. The molecule has 2 saturated heterocycles. The van der Waals surface area contributed by atoms with E-state index in [1.165, 1.54) is 6.07 Å². The second-order valence-corrected chi connectivity index (χ2v) is 11.3. The Morgan fingerprint density at radius 3 is 2.15 bits per heavy atom. The number of hydrogen-bond donors (Lipinski definition) is 1. The molecule has 5 atom stereocenters. The summed E-state index contributed by atoms with van der Waals surface area (Å²) in [4.78, 5) is 0. The van der Waals surface area contributed by atoms with Crippen LogP contribution in [0.25, 0.3) is 0 Å². The van der Waals surface area contributed by atoms with Gasteiger partial charge in [0.15, 0.2) is 0 Å². The lowest BCUT2D eigenvalue weighted by atomic mass is 9.83. The zero-order chi connectivity index (χ0) is 28.6. The molecule has 0 spiro atoms. The van der Waals surface area contributed by atoms with Crippen LogP contribution in [0.4, 0.5) is 4.39 Å². The molecule has 1 N–H and O–H groups in total. The fourth-order valence-corrected chi connectivity index (χ4v) is 5.59. The number of benzene rings is 2. The highest BCUT2D eigenvalue weighted by Gasteiger charge is 2.69. The second-order valence-electron chi connectivity index (χ2n) is 10.9. The minimum atomic E-state index is -1.39. The van der Waals surface area contributed by atoms with Crippen molar-refractivity contribution in [2.45, 2.75) is 95.4 Å². The Labute approximate surface area is 243 Å². The summed E-state index contributed by atoms with van der Waals surface area (Å²) in [7, 11) is 0. The summed E-state index contributed by atoms with van der Waals surface area (Å²) in [6.07, 6.45) is 4.08. The fraction of sp³-hybridized carbons (Fsp3) is 0.625. The van der Waals surface area contributed by atoms with Crippen molar-refractivity contribution >= 4 is 11.6 Å². The Hall–Kier alpha value is -1.58. The van der Waals surface area contributed by atoms with Gasteiger partial charge in [-0.15, -0.1) is 0 Å². The van der Waals surface area contributed by atoms with E-state index in [0.717, 1.165) is 44.1 Å². The Morgan fingerprint density at radius 2 is 1.52 bits per heavy atom. The van der Waals surface area contributed by atoms with Gasteiger partial charge in [-0.25, -0.2) is 4.39 Å². The van der Waals surface area contributed by atoms with Crippen LogP contribution in [0.15, 0.2) is 42.5 Å². The van der Waals surface area contributed by atoms with Crippen molar-refractivity contribution < 1.29 is 33.2 Å². The number of aliphatic hydroxyl groups is 1. The number of aliphatic hydroxyl groups excluding tert-OH is 1. The molecule has 0 radical (unpaired) electrons. The van der Waals surface area contributed by atoms with Crippen LogP contribution in [0, 0.1) is 5.82 Å². The van der Waals surface area contributed by atoms with Gasteiger partial charge < -0.3 is 28.8 Å². The van der Waals surface area contributed by atoms with E-state index in [-0.39, 0.29) is 19.0 Å². The van der Waals surface area contributed by atoms with Gasteiger partial charge >= 0.3 is 0 Å². The first-order valence-electron chi connectivity index (χ1n) is 14.8. The Kier molecular flexibility index (Phi) is 11.4. The molecule has 222 valence electrons. The third kappa shape index (κ3) is 6.73. The van der Waals surface area contributed by atoms with Crippen molar-refractivity contribution in [2.24, 2.45) is 0 Å². The lowest BCUT2D eigenvalue weighted by Gasteiger charge is -2.50. The van der Waals surface area contributed by atoms with Crippen LogP contribution in [0.2, 0.25) is 5.02 Å². The first-order valence-corrected chi connectivity index (χ1v) is 15.1. The monoisotopic (exact) mass is 578 g/mol. The molecule has 2 bridgehead atoms. The highest BCUT2D eigenvalue weighted by Crippen LogP contribution is 2.52. The lowest BCUT2D eigenvalue weighted by molar-refractivity contribution is -0.349. The highest BCUT2D eigenvalue weighted by molar-refractivity contribution is 6.30. The predicted octanol–water partition coefficient (Wildman–Crippen LogP) is 6.57. The summed E-state index contributed by atoms with van der Waals surface area (Å²) < 4.78 is 47.8. The lowest BCUT2D eigenvalue weighted by Crippen LogP contribution is -2.67. The van der Waals surface area contributed by atoms with E-state index in [2.05, 4.69) is 20.8 Å². The number of rotatable bonds is 16. The van der Waals surface area contributed by atoms with Crippen LogP contribution in [-0.2, 0) is 35.9 Å². The van der Waals surface area contributed by atoms with Gasteiger partial charge in [0.1, 0.15) is 29.7 Å². The molecule has 2 aromatic carbocycles. The maximum atomic E-state index is 15.1. The van der Waals surface area contributed by atoms with Gasteiger partial charge in [0.2, 0.25) is 5.79 Å². The first kappa shape index (κ1) is 31.4. The molecule has 6 nitrogen and oxygen atoms in total. The largest absolute Gasteiger partial charge is 0.393 e. The van der Waals surface area contributed by atoms with Crippen LogP contribution >= 0.6 is 11.6 Å². The molecule has 3 unspecified atom stereocenters. The fourth-order valence-electron chi connectivity index (χ4n) is 5.47. The van der Waals surface area contributed by atoms with Crippen LogP contribution < -0.4 is 0 Å². The molecule has 0 saturated carbocycles. The summed E-state index contributed by atoms with van der Waals surface area (Å²) in [5.41, 5.74) is 0.922. The van der Waals surface area contributed by atoms with Gasteiger partial charge in [-0.2, -0.15) is 0 Å². The quantitative estimate of drug-likeness (QED) is 0.227. The van der Waals surface area contributed by atoms with E-state index in [4.69, 9.17) is 35.3 Å². The maximum absolute atomic E-state index is 15.1. The van der Waals surface area contributed by atoms with Crippen LogP contribution in [0.5, 0.6) is 0 Å². The van der Waals surface area contributed by atoms with Crippen molar-refractivity contribution in [3.63, 3.8) is 0 Å². The van der Waals surface area contributed by atoms with Crippen LogP contribution in [0.3, 0.4) is 0 Å². The van der Waals surface area contributed by atoms with E-state index in [1.807, 2.05) is 12.1 Å². The molecule has 0 aromatic heterocycles. The van der Waals surface area contributed by atoms with E-state index >= 15 is 4.39 Å². The molecular weight excluding hydrogens is 535 g/mol.